The molecule has 3 aliphatic rings. The molecular formula is C15H17BrO4. The second-order valence-corrected chi connectivity index (χ2v) is 7.16. The van der Waals surface area contributed by atoms with Crippen LogP contribution in [-0.2, 0) is 14.3 Å². The number of hydrogen-bond donors (Lipinski definition) is 1. The fraction of sp³-hybridized carbons (Fsp3) is 0.600. The van der Waals surface area contributed by atoms with Crippen LogP contribution in [0.5, 0.6) is 0 Å². The number of carbonyl (C=O) groups excluding carboxylic acids is 2. The summed E-state index contributed by atoms with van der Waals surface area (Å²) in [6.07, 6.45) is 1.20. The van der Waals surface area contributed by atoms with Crippen LogP contribution in [0.2, 0.25) is 0 Å². The van der Waals surface area contributed by atoms with Gasteiger partial charge in [-0.25, -0.2) is 4.79 Å². The van der Waals surface area contributed by atoms with E-state index in [1.165, 1.54) is 0 Å². The highest BCUT2D eigenvalue weighted by Gasteiger charge is 2.61. The number of allylic oxidation sites excluding steroid dienone is 2. The molecule has 3 rings (SSSR count). The minimum Gasteiger partial charge on any atom is -0.458 e. The number of Topliss-reactive ketones (excluding diaryl/α,β-unsaturated/α-hetero) is 1. The molecule has 1 aliphatic heterocycles. The summed E-state index contributed by atoms with van der Waals surface area (Å²) in [5.41, 5.74) is -0.637. The number of ketones is 1. The van der Waals surface area contributed by atoms with Gasteiger partial charge in [0.1, 0.15) is 6.10 Å². The lowest BCUT2D eigenvalue weighted by atomic mass is 9.67. The van der Waals surface area contributed by atoms with Crippen molar-refractivity contribution in [3.05, 3.63) is 22.7 Å². The SMILES string of the molecule is C=C1C(=O)OC2CC(C)C3C=C(Br)C(=O)C3(C)C(O)C12. The molecule has 0 bridgehead atoms. The van der Waals surface area contributed by atoms with Gasteiger partial charge in [-0.05, 0) is 41.1 Å². The Labute approximate surface area is 126 Å². The molecule has 20 heavy (non-hydrogen) atoms. The first-order valence-corrected chi connectivity index (χ1v) is 7.57. The second kappa shape index (κ2) is 4.28. The number of ether oxygens (including phenoxy) is 1. The molecule has 0 aromatic rings. The Morgan fingerprint density at radius 3 is 2.80 bits per heavy atom. The van der Waals surface area contributed by atoms with E-state index in [2.05, 4.69) is 22.5 Å². The Morgan fingerprint density at radius 2 is 2.15 bits per heavy atom. The number of esters is 1. The summed E-state index contributed by atoms with van der Waals surface area (Å²) < 4.78 is 5.85. The molecule has 6 unspecified atom stereocenters. The summed E-state index contributed by atoms with van der Waals surface area (Å²) in [5.74, 6) is -0.963. The highest BCUT2D eigenvalue weighted by atomic mass is 79.9. The molecule has 1 N–H and O–H groups in total. The average molecular weight is 341 g/mol. The van der Waals surface area contributed by atoms with Crippen LogP contribution < -0.4 is 0 Å². The van der Waals surface area contributed by atoms with Crippen LogP contribution in [0.4, 0.5) is 0 Å². The van der Waals surface area contributed by atoms with Crippen LogP contribution in [0.3, 0.4) is 0 Å². The normalized spacial score (nSPS) is 47.5. The lowest BCUT2D eigenvalue weighted by molar-refractivity contribution is -0.140. The molecule has 108 valence electrons. The first-order valence-electron chi connectivity index (χ1n) is 6.78. The lowest BCUT2D eigenvalue weighted by Gasteiger charge is -2.37. The van der Waals surface area contributed by atoms with E-state index in [0.717, 1.165) is 0 Å². The van der Waals surface area contributed by atoms with Gasteiger partial charge in [0.15, 0.2) is 5.78 Å². The number of carbonyl (C=O) groups is 2. The third kappa shape index (κ3) is 1.56. The zero-order chi connectivity index (χ0) is 14.8. The van der Waals surface area contributed by atoms with Gasteiger partial charge in [0.2, 0.25) is 0 Å². The Balaban J connectivity index is 2.10. The van der Waals surface area contributed by atoms with Crippen molar-refractivity contribution in [1.29, 1.82) is 0 Å². The zero-order valence-corrected chi connectivity index (χ0v) is 13.0. The van der Waals surface area contributed by atoms with Gasteiger partial charge in [-0.2, -0.15) is 0 Å². The number of fused-ring (bicyclic) bond motifs is 2. The van der Waals surface area contributed by atoms with Gasteiger partial charge < -0.3 is 9.84 Å². The number of aliphatic hydroxyl groups excluding tert-OH is 1. The summed E-state index contributed by atoms with van der Waals surface area (Å²) >= 11 is 3.29. The van der Waals surface area contributed by atoms with E-state index < -0.39 is 23.4 Å². The van der Waals surface area contributed by atoms with E-state index in [1.54, 1.807) is 6.92 Å². The third-order valence-corrected chi connectivity index (χ3v) is 5.84. The number of rotatable bonds is 0. The highest BCUT2D eigenvalue weighted by molar-refractivity contribution is 9.12. The number of hydrogen-bond acceptors (Lipinski definition) is 4. The lowest BCUT2D eigenvalue weighted by Crippen LogP contribution is -2.47. The van der Waals surface area contributed by atoms with Crippen LogP contribution in [-0.4, -0.2) is 29.1 Å². The van der Waals surface area contributed by atoms with Crippen LogP contribution in [0, 0.1) is 23.2 Å². The van der Waals surface area contributed by atoms with Gasteiger partial charge in [0.25, 0.3) is 0 Å². The molecule has 0 aromatic heterocycles. The third-order valence-electron chi connectivity index (χ3n) is 5.22. The van der Waals surface area contributed by atoms with Gasteiger partial charge in [-0.15, -0.1) is 0 Å². The maximum atomic E-state index is 12.5. The molecule has 5 heteroatoms. The maximum absolute atomic E-state index is 12.5. The van der Waals surface area contributed by atoms with Crippen LogP contribution >= 0.6 is 15.9 Å². The molecule has 1 heterocycles. The molecule has 0 aromatic carbocycles. The molecule has 2 fully saturated rings. The van der Waals surface area contributed by atoms with Crippen LogP contribution in [0.15, 0.2) is 22.7 Å². The average Bonchev–Trinajstić information content (AvgIpc) is 2.76. The van der Waals surface area contributed by atoms with Crippen molar-refractivity contribution in [2.75, 3.05) is 0 Å². The molecule has 4 nitrogen and oxygen atoms in total. The monoisotopic (exact) mass is 340 g/mol. The number of aliphatic hydroxyl groups is 1. The van der Waals surface area contributed by atoms with E-state index in [9.17, 15) is 14.7 Å². The van der Waals surface area contributed by atoms with Gasteiger partial charge in [-0.3, -0.25) is 4.79 Å². The molecule has 1 saturated carbocycles. The summed E-state index contributed by atoms with van der Waals surface area (Å²) in [7, 11) is 0. The Morgan fingerprint density at radius 1 is 1.50 bits per heavy atom. The Bertz CT molecular complexity index is 552. The molecule has 0 radical (unpaired) electrons. The van der Waals surface area contributed by atoms with Gasteiger partial charge in [0, 0.05) is 5.57 Å². The van der Waals surface area contributed by atoms with E-state index in [4.69, 9.17) is 4.74 Å². The summed E-state index contributed by atoms with van der Waals surface area (Å²) in [6.45, 7) is 7.56. The zero-order valence-electron chi connectivity index (χ0n) is 11.4. The van der Waals surface area contributed by atoms with Gasteiger partial charge in [0.05, 0.1) is 21.9 Å². The standard InChI is InChI=1S/C15H17BrO4/c1-6-4-10-11(7(2)14(19)20-10)13(18)15(3)8(6)5-9(16)12(15)17/h5-6,8,10-11,13,18H,2,4H2,1,3H3. The van der Waals surface area contributed by atoms with Crippen molar-refractivity contribution in [3.63, 3.8) is 0 Å². The van der Waals surface area contributed by atoms with Crippen LogP contribution in [0.1, 0.15) is 20.3 Å². The predicted octanol–water partition coefficient (Wildman–Crippen LogP) is 1.97. The van der Waals surface area contributed by atoms with Crippen molar-refractivity contribution in [2.24, 2.45) is 23.2 Å². The van der Waals surface area contributed by atoms with Gasteiger partial charge >= 0.3 is 5.97 Å². The van der Waals surface area contributed by atoms with E-state index >= 15 is 0 Å². The van der Waals surface area contributed by atoms with Crippen molar-refractivity contribution < 1.29 is 19.4 Å². The molecule has 2 aliphatic carbocycles. The van der Waals surface area contributed by atoms with Crippen molar-refractivity contribution in [3.8, 4) is 0 Å². The van der Waals surface area contributed by atoms with E-state index in [1.807, 2.05) is 13.0 Å². The highest BCUT2D eigenvalue weighted by Crippen LogP contribution is 2.55. The minimum atomic E-state index is -0.958. The summed E-state index contributed by atoms with van der Waals surface area (Å²) in [5, 5.41) is 10.8. The van der Waals surface area contributed by atoms with E-state index in [-0.39, 0.29) is 29.3 Å². The molecule has 6 atom stereocenters. The summed E-state index contributed by atoms with van der Waals surface area (Å²) in [6, 6.07) is 0. The minimum absolute atomic E-state index is 0.0588. The first kappa shape index (κ1) is 14.0. The van der Waals surface area contributed by atoms with E-state index in [0.29, 0.717) is 10.9 Å². The van der Waals surface area contributed by atoms with Crippen LogP contribution in [0.25, 0.3) is 0 Å². The maximum Gasteiger partial charge on any atom is 0.334 e. The Kier molecular flexibility index (Phi) is 3.00. The quantitative estimate of drug-likeness (QED) is 0.541. The van der Waals surface area contributed by atoms with Crippen molar-refractivity contribution >= 4 is 27.7 Å². The van der Waals surface area contributed by atoms with Crippen molar-refractivity contribution in [2.45, 2.75) is 32.5 Å². The molecule has 0 amide bonds. The molecule has 0 spiro atoms. The fourth-order valence-corrected chi connectivity index (χ4v) is 4.74. The Hall–Kier alpha value is -0.940. The first-order chi connectivity index (χ1) is 9.28. The smallest absolute Gasteiger partial charge is 0.334 e. The fourth-order valence-electron chi connectivity index (χ4n) is 4.02. The van der Waals surface area contributed by atoms with Gasteiger partial charge in [-0.1, -0.05) is 19.6 Å². The second-order valence-electron chi connectivity index (χ2n) is 6.30. The topological polar surface area (TPSA) is 63.6 Å². The summed E-state index contributed by atoms with van der Waals surface area (Å²) in [4.78, 5) is 24.2. The predicted molar refractivity (Wildman–Crippen MR) is 75.9 cm³/mol. The number of halogens is 1. The largest absolute Gasteiger partial charge is 0.458 e. The molecule has 1 saturated heterocycles. The van der Waals surface area contributed by atoms with Crippen molar-refractivity contribution in [1.82, 2.24) is 0 Å². The molecular weight excluding hydrogens is 324 g/mol.